The van der Waals surface area contributed by atoms with Crippen molar-refractivity contribution in [3.63, 3.8) is 0 Å². The summed E-state index contributed by atoms with van der Waals surface area (Å²) in [4.78, 5) is 11.9. The lowest BCUT2D eigenvalue weighted by atomic mass is 10.1. The molecular formula is C13H18FNO2. The van der Waals surface area contributed by atoms with E-state index in [2.05, 4.69) is 5.32 Å². The van der Waals surface area contributed by atoms with Gasteiger partial charge in [-0.1, -0.05) is 13.0 Å². The first-order valence-corrected chi connectivity index (χ1v) is 5.76. The SMILES string of the molecule is CCC(CCO)NC(=O)c1cc(F)ccc1C. The van der Waals surface area contributed by atoms with E-state index in [9.17, 15) is 9.18 Å². The van der Waals surface area contributed by atoms with E-state index < -0.39 is 5.82 Å². The van der Waals surface area contributed by atoms with Gasteiger partial charge in [0.15, 0.2) is 0 Å². The summed E-state index contributed by atoms with van der Waals surface area (Å²) in [6, 6.07) is 4.07. The minimum atomic E-state index is -0.420. The Labute approximate surface area is 101 Å². The van der Waals surface area contributed by atoms with Crippen LogP contribution in [0.1, 0.15) is 35.7 Å². The van der Waals surface area contributed by atoms with Gasteiger partial charge in [0.25, 0.3) is 5.91 Å². The summed E-state index contributed by atoms with van der Waals surface area (Å²) < 4.78 is 13.1. The Kier molecular flexibility index (Phi) is 5.10. The van der Waals surface area contributed by atoms with Crippen LogP contribution in [0.25, 0.3) is 0 Å². The largest absolute Gasteiger partial charge is 0.396 e. The Balaban J connectivity index is 2.78. The number of aliphatic hydroxyl groups excluding tert-OH is 1. The number of carbonyl (C=O) groups is 1. The van der Waals surface area contributed by atoms with Crippen molar-refractivity contribution in [1.29, 1.82) is 0 Å². The quantitative estimate of drug-likeness (QED) is 0.826. The number of benzene rings is 1. The molecule has 17 heavy (non-hydrogen) atoms. The lowest BCUT2D eigenvalue weighted by molar-refractivity contribution is 0.0928. The molecule has 0 saturated heterocycles. The molecule has 0 saturated carbocycles. The van der Waals surface area contributed by atoms with Gasteiger partial charge in [-0.25, -0.2) is 4.39 Å². The second-order valence-corrected chi connectivity index (χ2v) is 4.05. The molecule has 1 aromatic carbocycles. The number of carbonyl (C=O) groups excluding carboxylic acids is 1. The molecule has 94 valence electrons. The Morgan fingerprint density at radius 1 is 1.53 bits per heavy atom. The van der Waals surface area contributed by atoms with Gasteiger partial charge >= 0.3 is 0 Å². The Morgan fingerprint density at radius 2 is 2.24 bits per heavy atom. The first-order chi connectivity index (χ1) is 8.08. The number of amides is 1. The number of hydrogen-bond acceptors (Lipinski definition) is 2. The first-order valence-electron chi connectivity index (χ1n) is 5.76. The van der Waals surface area contributed by atoms with Crippen molar-refractivity contribution in [1.82, 2.24) is 5.32 Å². The van der Waals surface area contributed by atoms with E-state index in [1.54, 1.807) is 13.0 Å². The van der Waals surface area contributed by atoms with E-state index >= 15 is 0 Å². The number of hydrogen-bond donors (Lipinski definition) is 2. The van der Waals surface area contributed by atoms with E-state index in [4.69, 9.17) is 5.11 Å². The average Bonchev–Trinajstić information content (AvgIpc) is 2.31. The van der Waals surface area contributed by atoms with Crippen LogP contribution in [0.5, 0.6) is 0 Å². The highest BCUT2D eigenvalue weighted by Gasteiger charge is 2.14. The molecule has 0 radical (unpaired) electrons. The average molecular weight is 239 g/mol. The highest BCUT2D eigenvalue weighted by atomic mass is 19.1. The summed E-state index contributed by atoms with van der Waals surface area (Å²) in [6.45, 7) is 3.72. The molecule has 1 aromatic rings. The van der Waals surface area contributed by atoms with E-state index in [0.717, 1.165) is 12.0 Å². The molecule has 0 spiro atoms. The van der Waals surface area contributed by atoms with E-state index in [1.807, 2.05) is 6.92 Å². The van der Waals surface area contributed by atoms with Crippen LogP contribution in [-0.2, 0) is 0 Å². The van der Waals surface area contributed by atoms with Crippen LogP contribution in [0.4, 0.5) is 4.39 Å². The van der Waals surface area contributed by atoms with Gasteiger partial charge in [-0.15, -0.1) is 0 Å². The van der Waals surface area contributed by atoms with Crippen molar-refractivity contribution in [2.45, 2.75) is 32.7 Å². The van der Waals surface area contributed by atoms with E-state index in [-0.39, 0.29) is 18.6 Å². The molecule has 2 N–H and O–H groups in total. The molecule has 1 rings (SSSR count). The minimum Gasteiger partial charge on any atom is -0.396 e. The lowest BCUT2D eigenvalue weighted by Gasteiger charge is -2.16. The van der Waals surface area contributed by atoms with Crippen LogP contribution in [0.2, 0.25) is 0 Å². The molecule has 0 fully saturated rings. The van der Waals surface area contributed by atoms with Crippen molar-refractivity contribution >= 4 is 5.91 Å². The summed E-state index contributed by atoms with van der Waals surface area (Å²) in [5, 5.41) is 11.6. The Hall–Kier alpha value is -1.42. The van der Waals surface area contributed by atoms with Crippen molar-refractivity contribution in [3.05, 3.63) is 35.1 Å². The number of nitrogens with one attached hydrogen (secondary N) is 1. The van der Waals surface area contributed by atoms with Crippen LogP contribution in [0.3, 0.4) is 0 Å². The summed E-state index contributed by atoms with van der Waals surface area (Å²) in [6.07, 6.45) is 1.25. The summed E-state index contributed by atoms with van der Waals surface area (Å²) in [5.74, 6) is -0.710. The Bertz CT molecular complexity index is 393. The van der Waals surface area contributed by atoms with Crippen LogP contribution in [0, 0.1) is 12.7 Å². The van der Waals surface area contributed by atoms with Gasteiger partial charge in [0.05, 0.1) is 0 Å². The molecule has 4 heteroatoms. The number of halogens is 1. The minimum absolute atomic E-state index is 0.0287. The molecule has 1 atom stereocenters. The molecule has 0 aliphatic heterocycles. The lowest BCUT2D eigenvalue weighted by Crippen LogP contribution is -2.35. The molecule has 1 amide bonds. The molecular weight excluding hydrogens is 221 g/mol. The van der Waals surface area contributed by atoms with Crippen molar-refractivity contribution in [3.8, 4) is 0 Å². The van der Waals surface area contributed by atoms with Crippen molar-refractivity contribution in [2.24, 2.45) is 0 Å². The fourth-order valence-corrected chi connectivity index (χ4v) is 1.64. The second kappa shape index (κ2) is 6.35. The van der Waals surface area contributed by atoms with Gasteiger partial charge in [-0.2, -0.15) is 0 Å². The summed E-state index contributed by atoms with van der Waals surface area (Å²) in [7, 11) is 0. The van der Waals surface area contributed by atoms with Gasteiger partial charge < -0.3 is 10.4 Å². The number of rotatable bonds is 5. The van der Waals surface area contributed by atoms with Crippen LogP contribution < -0.4 is 5.32 Å². The van der Waals surface area contributed by atoms with Crippen LogP contribution in [-0.4, -0.2) is 23.7 Å². The standard InChI is InChI=1S/C13H18FNO2/c1-3-11(6-7-16)15-13(17)12-8-10(14)5-4-9(12)2/h4-5,8,11,16H,3,6-7H2,1-2H3,(H,15,17). The molecule has 0 bridgehead atoms. The van der Waals surface area contributed by atoms with Gasteiger partial charge in [-0.3, -0.25) is 4.79 Å². The topological polar surface area (TPSA) is 49.3 Å². The van der Waals surface area contributed by atoms with Crippen molar-refractivity contribution < 1.29 is 14.3 Å². The zero-order valence-corrected chi connectivity index (χ0v) is 10.2. The maximum absolute atomic E-state index is 13.1. The van der Waals surface area contributed by atoms with Gasteiger partial charge in [0, 0.05) is 18.2 Å². The third kappa shape index (κ3) is 3.82. The summed E-state index contributed by atoms with van der Waals surface area (Å²) >= 11 is 0. The summed E-state index contributed by atoms with van der Waals surface area (Å²) in [5.41, 5.74) is 1.09. The monoisotopic (exact) mass is 239 g/mol. The molecule has 0 aliphatic rings. The highest BCUT2D eigenvalue weighted by Crippen LogP contribution is 2.11. The normalized spacial score (nSPS) is 12.2. The zero-order valence-electron chi connectivity index (χ0n) is 10.2. The second-order valence-electron chi connectivity index (χ2n) is 4.05. The molecule has 0 aromatic heterocycles. The van der Waals surface area contributed by atoms with Gasteiger partial charge in [0.1, 0.15) is 5.82 Å². The van der Waals surface area contributed by atoms with E-state index in [1.165, 1.54) is 12.1 Å². The zero-order chi connectivity index (χ0) is 12.8. The highest BCUT2D eigenvalue weighted by molar-refractivity contribution is 5.95. The molecule has 3 nitrogen and oxygen atoms in total. The number of aliphatic hydroxyl groups is 1. The van der Waals surface area contributed by atoms with E-state index in [0.29, 0.717) is 12.0 Å². The van der Waals surface area contributed by atoms with Gasteiger partial charge in [0.2, 0.25) is 0 Å². The predicted octanol–water partition coefficient (Wildman–Crippen LogP) is 2.02. The molecule has 0 aliphatic carbocycles. The van der Waals surface area contributed by atoms with Crippen LogP contribution >= 0.6 is 0 Å². The number of aryl methyl sites for hydroxylation is 1. The first kappa shape index (κ1) is 13.6. The predicted molar refractivity (Wildman–Crippen MR) is 64.4 cm³/mol. The molecule has 0 heterocycles. The smallest absolute Gasteiger partial charge is 0.251 e. The van der Waals surface area contributed by atoms with Crippen molar-refractivity contribution in [2.75, 3.05) is 6.61 Å². The fraction of sp³-hybridized carbons (Fsp3) is 0.462. The maximum Gasteiger partial charge on any atom is 0.251 e. The van der Waals surface area contributed by atoms with Crippen LogP contribution in [0.15, 0.2) is 18.2 Å². The van der Waals surface area contributed by atoms with Gasteiger partial charge in [-0.05, 0) is 37.5 Å². The third-order valence-corrected chi connectivity index (χ3v) is 2.75. The Morgan fingerprint density at radius 3 is 2.82 bits per heavy atom. The molecule has 1 unspecified atom stereocenters. The maximum atomic E-state index is 13.1. The fourth-order valence-electron chi connectivity index (χ4n) is 1.64. The third-order valence-electron chi connectivity index (χ3n) is 2.75.